The number of aliphatic carboxylic acids is 1. The van der Waals surface area contributed by atoms with Gasteiger partial charge in [0.2, 0.25) is 0 Å². The van der Waals surface area contributed by atoms with Gasteiger partial charge < -0.3 is 15.2 Å². The quantitative estimate of drug-likeness (QED) is 0.811. The number of carboxylic acids is 1. The predicted octanol–water partition coefficient (Wildman–Crippen LogP) is 2.48. The molecule has 0 aliphatic carbocycles. The number of carbonyl (C=O) groups excluding carboxylic acids is 1. The van der Waals surface area contributed by atoms with Crippen LogP contribution in [0.25, 0.3) is 0 Å². The molecule has 0 aliphatic heterocycles. The maximum Gasteiger partial charge on any atom is 0.305 e. The van der Waals surface area contributed by atoms with Crippen LogP contribution in [0.4, 0.5) is 0 Å². The normalized spacial score (nSPS) is 13.3. The topological polar surface area (TPSA) is 75.6 Å². The van der Waals surface area contributed by atoms with Crippen LogP contribution in [0.15, 0.2) is 24.3 Å². The van der Waals surface area contributed by atoms with Gasteiger partial charge in [-0.3, -0.25) is 9.59 Å². The molecule has 1 amide bonds. The molecule has 1 rings (SSSR count). The van der Waals surface area contributed by atoms with E-state index < -0.39 is 18.1 Å². The molecule has 0 spiro atoms. The Labute approximate surface area is 122 Å². The molecule has 1 aromatic rings. The molecule has 1 aromatic carbocycles. The first kappa shape index (κ1) is 16.3. The maximum atomic E-state index is 11.9. The summed E-state index contributed by atoms with van der Waals surface area (Å²) >= 11 is 5.94. The Morgan fingerprint density at radius 1 is 1.40 bits per heavy atom. The summed E-state index contributed by atoms with van der Waals surface area (Å²) in [5, 5.41) is 11.8. The minimum Gasteiger partial charge on any atom is -0.481 e. The summed E-state index contributed by atoms with van der Waals surface area (Å²) in [6.07, 6.45) is -0.324. The van der Waals surface area contributed by atoms with Gasteiger partial charge in [0.25, 0.3) is 5.91 Å². The molecule has 6 heteroatoms. The molecular formula is C14H18ClNO4. The van der Waals surface area contributed by atoms with Gasteiger partial charge in [0, 0.05) is 6.04 Å². The van der Waals surface area contributed by atoms with Crippen molar-refractivity contribution in [2.45, 2.75) is 38.8 Å². The zero-order valence-electron chi connectivity index (χ0n) is 11.4. The fourth-order valence-electron chi connectivity index (χ4n) is 1.61. The molecule has 0 radical (unpaired) electrons. The average Bonchev–Trinajstić information content (AvgIpc) is 2.39. The van der Waals surface area contributed by atoms with Gasteiger partial charge in [0.05, 0.1) is 11.4 Å². The van der Waals surface area contributed by atoms with Crippen molar-refractivity contribution in [3.8, 4) is 5.75 Å². The van der Waals surface area contributed by atoms with E-state index in [1.807, 2.05) is 6.92 Å². The van der Waals surface area contributed by atoms with E-state index in [9.17, 15) is 9.59 Å². The predicted molar refractivity (Wildman–Crippen MR) is 76.0 cm³/mol. The molecule has 0 aliphatic rings. The lowest BCUT2D eigenvalue weighted by molar-refractivity contribution is -0.138. The molecule has 0 heterocycles. The Balaban J connectivity index is 2.58. The summed E-state index contributed by atoms with van der Waals surface area (Å²) in [4.78, 5) is 22.6. The van der Waals surface area contributed by atoms with Crippen LogP contribution in [0.5, 0.6) is 5.75 Å². The molecular weight excluding hydrogens is 282 g/mol. The van der Waals surface area contributed by atoms with Gasteiger partial charge in [-0.1, -0.05) is 30.7 Å². The number of nitrogens with one attached hydrogen (secondary N) is 1. The summed E-state index contributed by atoms with van der Waals surface area (Å²) < 4.78 is 5.47. The van der Waals surface area contributed by atoms with Crippen molar-refractivity contribution in [1.82, 2.24) is 5.32 Å². The largest absolute Gasteiger partial charge is 0.481 e. The van der Waals surface area contributed by atoms with Crippen LogP contribution in [-0.4, -0.2) is 29.1 Å². The van der Waals surface area contributed by atoms with E-state index in [1.165, 1.54) is 0 Å². The number of ether oxygens (including phenoxy) is 1. The summed E-state index contributed by atoms with van der Waals surface area (Å²) in [6.45, 7) is 3.40. The third-order valence-corrected chi connectivity index (χ3v) is 3.08. The number of halogens is 1. The van der Waals surface area contributed by atoms with Crippen LogP contribution in [0.1, 0.15) is 26.7 Å². The first-order valence-corrected chi connectivity index (χ1v) is 6.75. The smallest absolute Gasteiger partial charge is 0.305 e. The molecule has 110 valence electrons. The number of rotatable bonds is 7. The molecule has 0 bridgehead atoms. The number of para-hydroxylation sites is 1. The molecule has 2 unspecified atom stereocenters. The minimum atomic E-state index is -0.947. The van der Waals surface area contributed by atoms with Gasteiger partial charge in [-0.05, 0) is 25.5 Å². The van der Waals surface area contributed by atoms with Crippen LogP contribution in [-0.2, 0) is 9.59 Å². The molecule has 0 saturated carbocycles. The Morgan fingerprint density at radius 3 is 2.60 bits per heavy atom. The second-order valence-electron chi connectivity index (χ2n) is 4.40. The van der Waals surface area contributed by atoms with Gasteiger partial charge in [-0.15, -0.1) is 0 Å². The number of carbonyl (C=O) groups is 2. The highest BCUT2D eigenvalue weighted by atomic mass is 35.5. The summed E-state index contributed by atoms with van der Waals surface area (Å²) in [5.41, 5.74) is 0. The van der Waals surface area contributed by atoms with E-state index in [2.05, 4.69) is 5.32 Å². The van der Waals surface area contributed by atoms with Crippen molar-refractivity contribution in [1.29, 1.82) is 0 Å². The van der Waals surface area contributed by atoms with Crippen molar-refractivity contribution in [2.75, 3.05) is 0 Å². The Bertz CT molecular complexity index is 478. The average molecular weight is 300 g/mol. The SMILES string of the molecule is CCC(CC(=O)O)NC(=O)C(C)Oc1ccccc1Cl. The highest BCUT2D eigenvalue weighted by Gasteiger charge is 2.20. The Hall–Kier alpha value is -1.75. The van der Waals surface area contributed by atoms with Crippen LogP contribution >= 0.6 is 11.6 Å². The summed E-state index contributed by atoms with van der Waals surface area (Å²) in [7, 11) is 0. The van der Waals surface area contributed by atoms with E-state index >= 15 is 0 Å². The van der Waals surface area contributed by atoms with Gasteiger partial charge >= 0.3 is 5.97 Å². The van der Waals surface area contributed by atoms with Crippen molar-refractivity contribution >= 4 is 23.5 Å². The fraction of sp³-hybridized carbons (Fsp3) is 0.429. The lowest BCUT2D eigenvalue weighted by Gasteiger charge is -2.19. The van der Waals surface area contributed by atoms with Gasteiger partial charge in [-0.25, -0.2) is 0 Å². The zero-order chi connectivity index (χ0) is 15.1. The second-order valence-corrected chi connectivity index (χ2v) is 4.81. The van der Waals surface area contributed by atoms with Crippen molar-refractivity contribution in [3.63, 3.8) is 0 Å². The molecule has 0 aromatic heterocycles. The zero-order valence-corrected chi connectivity index (χ0v) is 12.2. The van der Waals surface area contributed by atoms with Gasteiger partial charge in [0.15, 0.2) is 6.10 Å². The maximum absolute atomic E-state index is 11.9. The number of carboxylic acid groups (broad SMARTS) is 1. The van der Waals surface area contributed by atoms with Crippen molar-refractivity contribution in [2.24, 2.45) is 0 Å². The molecule has 5 nitrogen and oxygen atoms in total. The first-order valence-electron chi connectivity index (χ1n) is 6.37. The van der Waals surface area contributed by atoms with Crippen LogP contribution in [0.3, 0.4) is 0 Å². The van der Waals surface area contributed by atoms with Crippen LogP contribution in [0, 0.1) is 0 Å². The standard InChI is InChI=1S/C14H18ClNO4/c1-3-10(8-13(17)18)16-14(19)9(2)20-12-7-5-4-6-11(12)15/h4-7,9-10H,3,8H2,1-2H3,(H,16,19)(H,17,18). The van der Waals surface area contributed by atoms with Crippen LogP contribution < -0.4 is 10.1 Å². The monoisotopic (exact) mass is 299 g/mol. The van der Waals surface area contributed by atoms with Gasteiger partial charge in [0.1, 0.15) is 5.75 Å². The molecule has 2 N–H and O–H groups in total. The van der Waals surface area contributed by atoms with E-state index in [4.69, 9.17) is 21.4 Å². The molecule has 0 saturated heterocycles. The number of hydrogen-bond donors (Lipinski definition) is 2. The van der Waals surface area contributed by atoms with Gasteiger partial charge in [-0.2, -0.15) is 0 Å². The highest BCUT2D eigenvalue weighted by Crippen LogP contribution is 2.24. The lowest BCUT2D eigenvalue weighted by Crippen LogP contribution is -2.43. The van der Waals surface area contributed by atoms with E-state index in [0.717, 1.165) is 0 Å². The molecule has 2 atom stereocenters. The van der Waals surface area contributed by atoms with Crippen LogP contribution in [0.2, 0.25) is 5.02 Å². The van der Waals surface area contributed by atoms with Crippen molar-refractivity contribution in [3.05, 3.63) is 29.3 Å². The lowest BCUT2D eigenvalue weighted by atomic mass is 10.1. The first-order chi connectivity index (χ1) is 9.43. The molecule has 20 heavy (non-hydrogen) atoms. The Kier molecular flexibility index (Phi) is 6.31. The summed E-state index contributed by atoms with van der Waals surface area (Å²) in [5.74, 6) is -0.891. The third-order valence-electron chi connectivity index (χ3n) is 2.77. The van der Waals surface area contributed by atoms with E-state index in [-0.39, 0.29) is 12.3 Å². The third kappa shape index (κ3) is 5.09. The fourth-order valence-corrected chi connectivity index (χ4v) is 1.79. The Morgan fingerprint density at radius 2 is 2.05 bits per heavy atom. The van der Waals surface area contributed by atoms with E-state index in [1.54, 1.807) is 31.2 Å². The number of hydrogen-bond acceptors (Lipinski definition) is 3. The van der Waals surface area contributed by atoms with Crippen molar-refractivity contribution < 1.29 is 19.4 Å². The van der Waals surface area contributed by atoms with E-state index in [0.29, 0.717) is 17.2 Å². The number of amides is 1. The number of benzene rings is 1. The molecule has 0 fully saturated rings. The minimum absolute atomic E-state index is 0.110. The highest BCUT2D eigenvalue weighted by molar-refractivity contribution is 6.32. The second kappa shape index (κ2) is 7.75. The summed E-state index contributed by atoms with van der Waals surface area (Å²) in [6, 6.07) is 6.45.